The largest absolute Gasteiger partial charge is 0.356 e. The van der Waals surface area contributed by atoms with Gasteiger partial charge in [0.05, 0.1) is 11.6 Å². The molecule has 4 heteroatoms. The lowest BCUT2D eigenvalue weighted by Gasteiger charge is -1.95. The van der Waals surface area contributed by atoms with E-state index in [1.807, 2.05) is 6.07 Å². The van der Waals surface area contributed by atoms with E-state index in [0.717, 1.165) is 21.9 Å². The Morgan fingerprint density at radius 3 is 3.00 bits per heavy atom. The minimum atomic E-state index is -0.103. The van der Waals surface area contributed by atoms with Gasteiger partial charge in [0.15, 0.2) is 5.58 Å². The van der Waals surface area contributed by atoms with Gasteiger partial charge < -0.3 is 9.51 Å². The average molecular weight is 186 g/mol. The molecule has 1 N–H and O–H groups in total. The highest BCUT2D eigenvalue weighted by Gasteiger charge is 2.03. The number of aromatic amines is 1. The standard InChI is InChI=1S/C10H6N2O2/c13-10-4-1-6-7-5-11-14-9(7)3-2-8(6)12-10/h1-5H,(H,12,13). The van der Waals surface area contributed by atoms with Crippen LogP contribution in [0.1, 0.15) is 0 Å². The van der Waals surface area contributed by atoms with Crippen molar-refractivity contribution < 1.29 is 4.52 Å². The number of hydrogen-bond acceptors (Lipinski definition) is 3. The van der Waals surface area contributed by atoms with Crippen LogP contribution in [0.4, 0.5) is 0 Å². The fourth-order valence-corrected chi connectivity index (χ4v) is 1.59. The molecule has 0 radical (unpaired) electrons. The van der Waals surface area contributed by atoms with Crippen LogP contribution in [-0.2, 0) is 0 Å². The van der Waals surface area contributed by atoms with Gasteiger partial charge in [0, 0.05) is 17.0 Å². The molecule has 0 saturated carbocycles. The zero-order valence-corrected chi connectivity index (χ0v) is 7.15. The van der Waals surface area contributed by atoms with Gasteiger partial charge in [-0.2, -0.15) is 0 Å². The molecule has 4 nitrogen and oxygen atoms in total. The average Bonchev–Trinajstić information content (AvgIpc) is 2.65. The SMILES string of the molecule is O=c1ccc2c(ccc3oncc32)[nH]1. The van der Waals surface area contributed by atoms with Crippen molar-refractivity contribution in [3.8, 4) is 0 Å². The predicted octanol–water partition coefficient (Wildman–Crippen LogP) is 1.67. The summed E-state index contributed by atoms with van der Waals surface area (Å²) < 4.78 is 5.01. The Morgan fingerprint density at radius 1 is 1.14 bits per heavy atom. The Balaban J connectivity index is 2.63. The zero-order valence-electron chi connectivity index (χ0n) is 7.15. The Bertz CT molecular complexity index is 666. The quantitative estimate of drug-likeness (QED) is 0.581. The van der Waals surface area contributed by atoms with Crippen LogP contribution in [0.2, 0.25) is 0 Å². The lowest BCUT2D eigenvalue weighted by molar-refractivity contribution is 0.456. The number of hydrogen-bond donors (Lipinski definition) is 1. The second-order valence-corrected chi connectivity index (χ2v) is 3.09. The molecule has 1 aromatic carbocycles. The van der Waals surface area contributed by atoms with Crippen molar-refractivity contribution in [1.82, 2.24) is 10.1 Å². The molecule has 0 fully saturated rings. The fraction of sp³-hybridized carbons (Fsp3) is 0. The lowest BCUT2D eigenvalue weighted by Crippen LogP contribution is -2.01. The topological polar surface area (TPSA) is 58.9 Å². The zero-order chi connectivity index (χ0) is 9.54. The van der Waals surface area contributed by atoms with E-state index in [2.05, 4.69) is 10.1 Å². The van der Waals surface area contributed by atoms with Crippen LogP contribution in [0.25, 0.3) is 21.9 Å². The second-order valence-electron chi connectivity index (χ2n) is 3.09. The highest BCUT2D eigenvalue weighted by molar-refractivity contribution is 6.03. The van der Waals surface area contributed by atoms with E-state index >= 15 is 0 Å². The lowest BCUT2D eigenvalue weighted by atomic mass is 10.1. The third kappa shape index (κ3) is 0.877. The summed E-state index contributed by atoms with van der Waals surface area (Å²) in [6.07, 6.45) is 1.65. The molecule has 2 aromatic heterocycles. The van der Waals surface area contributed by atoms with Gasteiger partial charge in [-0.1, -0.05) is 5.16 Å². The van der Waals surface area contributed by atoms with Crippen molar-refractivity contribution in [2.75, 3.05) is 0 Å². The van der Waals surface area contributed by atoms with Gasteiger partial charge in [0.1, 0.15) is 0 Å². The molecular formula is C10H6N2O2. The molecule has 0 unspecified atom stereocenters. The Kier molecular flexibility index (Phi) is 1.28. The number of fused-ring (bicyclic) bond motifs is 3. The molecule has 0 spiro atoms. The number of nitrogens with zero attached hydrogens (tertiary/aromatic N) is 1. The molecule has 0 atom stereocenters. The van der Waals surface area contributed by atoms with E-state index in [4.69, 9.17) is 4.52 Å². The molecule has 14 heavy (non-hydrogen) atoms. The maximum atomic E-state index is 11.1. The number of benzene rings is 1. The molecule has 0 aliphatic carbocycles. The molecule has 0 amide bonds. The summed E-state index contributed by atoms with van der Waals surface area (Å²) in [4.78, 5) is 13.8. The van der Waals surface area contributed by atoms with Crippen molar-refractivity contribution in [2.24, 2.45) is 0 Å². The van der Waals surface area contributed by atoms with Crippen molar-refractivity contribution in [2.45, 2.75) is 0 Å². The van der Waals surface area contributed by atoms with Crippen LogP contribution in [0.5, 0.6) is 0 Å². The van der Waals surface area contributed by atoms with Crippen LogP contribution < -0.4 is 5.56 Å². The third-order valence-corrected chi connectivity index (χ3v) is 2.24. The van der Waals surface area contributed by atoms with Crippen molar-refractivity contribution >= 4 is 21.9 Å². The van der Waals surface area contributed by atoms with E-state index in [0.29, 0.717) is 0 Å². The first-order valence-electron chi connectivity index (χ1n) is 4.21. The van der Waals surface area contributed by atoms with E-state index < -0.39 is 0 Å². The number of nitrogens with one attached hydrogen (secondary N) is 1. The summed E-state index contributed by atoms with van der Waals surface area (Å²) in [5.41, 5.74) is 1.42. The van der Waals surface area contributed by atoms with Crippen LogP contribution in [-0.4, -0.2) is 10.1 Å². The van der Waals surface area contributed by atoms with Gasteiger partial charge >= 0.3 is 0 Å². The molecule has 0 aliphatic heterocycles. The monoisotopic (exact) mass is 186 g/mol. The Labute approximate surface area is 78.1 Å². The summed E-state index contributed by atoms with van der Waals surface area (Å²) >= 11 is 0. The fourth-order valence-electron chi connectivity index (χ4n) is 1.59. The smallest absolute Gasteiger partial charge is 0.248 e. The summed E-state index contributed by atoms with van der Waals surface area (Å²) in [6, 6.07) is 6.87. The first kappa shape index (κ1) is 7.32. The van der Waals surface area contributed by atoms with Gasteiger partial charge in [-0.3, -0.25) is 4.79 Å². The highest BCUT2D eigenvalue weighted by atomic mass is 16.5. The van der Waals surface area contributed by atoms with Gasteiger partial charge in [-0.05, 0) is 18.2 Å². The van der Waals surface area contributed by atoms with Gasteiger partial charge in [0.25, 0.3) is 0 Å². The van der Waals surface area contributed by atoms with E-state index in [9.17, 15) is 4.79 Å². The number of aromatic nitrogens is 2. The van der Waals surface area contributed by atoms with E-state index in [1.165, 1.54) is 6.07 Å². The van der Waals surface area contributed by atoms with Gasteiger partial charge in [0.2, 0.25) is 5.56 Å². The number of rotatable bonds is 0. The van der Waals surface area contributed by atoms with Crippen molar-refractivity contribution in [3.05, 3.63) is 40.8 Å². The molecular weight excluding hydrogens is 180 g/mol. The number of H-pyrrole nitrogens is 1. The molecule has 0 bridgehead atoms. The van der Waals surface area contributed by atoms with Gasteiger partial charge in [-0.25, -0.2) is 0 Å². The molecule has 3 rings (SSSR count). The predicted molar refractivity (Wildman–Crippen MR) is 52.1 cm³/mol. The molecule has 0 saturated heterocycles. The highest BCUT2D eigenvalue weighted by Crippen LogP contribution is 2.22. The van der Waals surface area contributed by atoms with Crippen molar-refractivity contribution in [3.63, 3.8) is 0 Å². The minimum Gasteiger partial charge on any atom is -0.356 e. The second kappa shape index (κ2) is 2.45. The molecule has 0 aliphatic rings. The molecule has 3 aromatic rings. The summed E-state index contributed by atoms with van der Waals surface area (Å²) in [5, 5.41) is 5.57. The Hall–Kier alpha value is -2.10. The molecule has 68 valence electrons. The minimum absolute atomic E-state index is 0.103. The first-order valence-corrected chi connectivity index (χ1v) is 4.21. The third-order valence-electron chi connectivity index (χ3n) is 2.24. The Morgan fingerprint density at radius 2 is 2.07 bits per heavy atom. The summed E-state index contributed by atoms with van der Waals surface area (Å²) in [7, 11) is 0. The first-order chi connectivity index (χ1) is 6.84. The van der Waals surface area contributed by atoms with Gasteiger partial charge in [-0.15, -0.1) is 0 Å². The maximum absolute atomic E-state index is 11.1. The van der Waals surface area contributed by atoms with Crippen LogP contribution in [0.15, 0.2) is 39.8 Å². The van der Waals surface area contributed by atoms with Crippen LogP contribution >= 0.6 is 0 Å². The number of pyridine rings is 1. The van der Waals surface area contributed by atoms with E-state index in [1.54, 1.807) is 18.3 Å². The molecule has 2 heterocycles. The normalized spacial score (nSPS) is 11.1. The summed E-state index contributed by atoms with van der Waals surface area (Å²) in [6.45, 7) is 0. The maximum Gasteiger partial charge on any atom is 0.248 e. The van der Waals surface area contributed by atoms with E-state index in [-0.39, 0.29) is 5.56 Å². The van der Waals surface area contributed by atoms with Crippen LogP contribution in [0.3, 0.4) is 0 Å². The van der Waals surface area contributed by atoms with Crippen LogP contribution in [0, 0.1) is 0 Å². The van der Waals surface area contributed by atoms with Crippen molar-refractivity contribution in [1.29, 1.82) is 0 Å². The summed E-state index contributed by atoms with van der Waals surface area (Å²) in [5.74, 6) is 0.